The minimum atomic E-state index is -1.10. The van der Waals surface area contributed by atoms with Gasteiger partial charge in [0.25, 0.3) is 0 Å². The van der Waals surface area contributed by atoms with Crippen molar-refractivity contribution < 1.29 is 14.4 Å². The van der Waals surface area contributed by atoms with Crippen LogP contribution < -0.4 is 10.8 Å². The quantitative estimate of drug-likeness (QED) is 0.378. The lowest BCUT2D eigenvalue weighted by Gasteiger charge is -2.36. The molecule has 1 rings (SSSR count). The average Bonchev–Trinajstić information content (AvgIpc) is 2.81. The first-order valence-electron chi connectivity index (χ1n) is 7.72. The summed E-state index contributed by atoms with van der Waals surface area (Å²) in [7, 11) is 0. The van der Waals surface area contributed by atoms with Crippen molar-refractivity contribution in [3.63, 3.8) is 0 Å². The molecular formula is C16H27N3O2. The number of carboxylic acid groups (broad SMARTS) is 1. The molecular weight excluding hydrogens is 266 g/mol. The van der Waals surface area contributed by atoms with Gasteiger partial charge >= 0.3 is 0 Å². The molecule has 0 amide bonds. The van der Waals surface area contributed by atoms with E-state index in [4.69, 9.17) is 5.73 Å². The number of hydrogen-bond donors (Lipinski definition) is 1. The first-order valence-corrected chi connectivity index (χ1v) is 7.72. The van der Waals surface area contributed by atoms with Gasteiger partial charge in [0.2, 0.25) is 5.84 Å². The standard InChI is InChI=1S/C16H27N3O2/c1-3-4-5-6-7-8-9-10-15-18-11-12-19(15,14(2)17)13-16(20)21/h3-4,11-12,14H,5-10,13,17H2,1-2H3/b4-3+. The SMILES string of the molecule is C/C=C/CCCCCCC1=NC=C[N+]1(CC(=O)[O-])C(C)N. The Balaban J connectivity index is 2.44. The molecule has 5 nitrogen and oxygen atoms in total. The number of aliphatic carboxylic acids is 1. The van der Waals surface area contributed by atoms with E-state index in [1.165, 1.54) is 12.8 Å². The number of amidine groups is 1. The van der Waals surface area contributed by atoms with Gasteiger partial charge in [-0.1, -0.05) is 25.0 Å². The van der Waals surface area contributed by atoms with Crippen LogP contribution in [-0.2, 0) is 4.79 Å². The highest BCUT2D eigenvalue weighted by molar-refractivity contribution is 5.81. The number of aliphatic imine (C=N–C) groups is 1. The number of carbonyl (C=O) groups is 1. The molecule has 1 heterocycles. The average molecular weight is 293 g/mol. The topological polar surface area (TPSA) is 78.5 Å². The maximum absolute atomic E-state index is 11.0. The molecule has 0 fully saturated rings. The van der Waals surface area contributed by atoms with Crippen LogP contribution in [0, 0.1) is 0 Å². The highest BCUT2D eigenvalue weighted by Gasteiger charge is 2.38. The summed E-state index contributed by atoms with van der Waals surface area (Å²) in [4.78, 5) is 15.3. The maximum atomic E-state index is 11.0. The summed E-state index contributed by atoms with van der Waals surface area (Å²) >= 11 is 0. The van der Waals surface area contributed by atoms with Crippen LogP contribution >= 0.6 is 0 Å². The Kier molecular flexibility index (Phi) is 7.32. The third-order valence-electron chi connectivity index (χ3n) is 3.91. The molecule has 118 valence electrons. The first kappa shape index (κ1) is 17.6. The summed E-state index contributed by atoms with van der Waals surface area (Å²) in [6, 6.07) is 0. The van der Waals surface area contributed by atoms with Crippen molar-refractivity contribution in [2.75, 3.05) is 6.54 Å². The normalized spacial score (nSPS) is 22.7. The van der Waals surface area contributed by atoms with Crippen molar-refractivity contribution in [3.05, 3.63) is 24.6 Å². The monoisotopic (exact) mass is 293 g/mol. The molecule has 21 heavy (non-hydrogen) atoms. The van der Waals surface area contributed by atoms with Gasteiger partial charge in [0.05, 0.1) is 12.2 Å². The van der Waals surface area contributed by atoms with Crippen molar-refractivity contribution >= 4 is 11.8 Å². The van der Waals surface area contributed by atoms with Gasteiger partial charge in [0, 0.05) is 13.3 Å². The van der Waals surface area contributed by atoms with Crippen LogP contribution in [0.5, 0.6) is 0 Å². The molecule has 0 spiro atoms. The lowest BCUT2D eigenvalue weighted by atomic mass is 10.1. The van der Waals surface area contributed by atoms with Crippen LogP contribution in [0.15, 0.2) is 29.5 Å². The number of unbranched alkanes of at least 4 members (excludes halogenated alkanes) is 4. The van der Waals surface area contributed by atoms with E-state index in [2.05, 4.69) is 17.1 Å². The number of carboxylic acids is 1. The van der Waals surface area contributed by atoms with Gasteiger partial charge in [0.1, 0.15) is 18.9 Å². The summed E-state index contributed by atoms with van der Waals surface area (Å²) < 4.78 is 0.0981. The molecule has 0 saturated carbocycles. The number of nitrogens with two attached hydrogens (primary N) is 1. The smallest absolute Gasteiger partial charge is 0.209 e. The van der Waals surface area contributed by atoms with Gasteiger partial charge in [-0.25, -0.2) is 9.48 Å². The molecule has 5 heteroatoms. The summed E-state index contributed by atoms with van der Waals surface area (Å²) in [5.74, 6) is -0.263. The van der Waals surface area contributed by atoms with Gasteiger partial charge in [-0.2, -0.15) is 0 Å². The third-order valence-corrected chi connectivity index (χ3v) is 3.91. The van der Waals surface area contributed by atoms with Crippen molar-refractivity contribution in [1.29, 1.82) is 0 Å². The van der Waals surface area contributed by atoms with E-state index < -0.39 is 5.97 Å². The van der Waals surface area contributed by atoms with Gasteiger partial charge in [0.15, 0.2) is 0 Å². The van der Waals surface area contributed by atoms with Crippen LogP contribution in [0.3, 0.4) is 0 Å². The van der Waals surface area contributed by atoms with E-state index in [0.717, 1.165) is 31.5 Å². The minimum absolute atomic E-state index is 0.0981. The zero-order chi connectivity index (χ0) is 15.7. The number of carbonyl (C=O) groups excluding carboxylic acids is 1. The van der Waals surface area contributed by atoms with Gasteiger partial charge < -0.3 is 9.90 Å². The predicted octanol–water partition coefficient (Wildman–Crippen LogP) is 1.66. The van der Waals surface area contributed by atoms with Crippen molar-refractivity contribution in [2.24, 2.45) is 10.7 Å². The Morgan fingerprint density at radius 3 is 2.76 bits per heavy atom. The van der Waals surface area contributed by atoms with Crippen molar-refractivity contribution in [3.8, 4) is 0 Å². The Morgan fingerprint density at radius 2 is 2.14 bits per heavy atom. The molecule has 2 atom stereocenters. The second-order valence-electron chi connectivity index (χ2n) is 5.57. The molecule has 1 aliphatic heterocycles. The van der Waals surface area contributed by atoms with Crippen LogP contribution in [0.2, 0.25) is 0 Å². The van der Waals surface area contributed by atoms with Crippen LogP contribution in [0.4, 0.5) is 0 Å². The van der Waals surface area contributed by atoms with Gasteiger partial charge in [-0.15, -0.1) is 0 Å². The highest BCUT2D eigenvalue weighted by Crippen LogP contribution is 2.23. The fourth-order valence-electron chi connectivity index (χ4n) is 2.64. The van der Waals surface area contributed by atoms with Crippen molar-refractivity contribution in [1.82, 2.24) is 0 Å². The number of quaternary nitrogens is 1. The van der Waals surface area contributed by atoms with Crippen LogP contribution in [0.25, 0.3) is 0 Å². The number of hydrogen-bond acceptors (Lipinski definition) is 4. The molecule has 2 unspecified atom stereocenters. The van der Waals surface area contributed by atoms with E-state index in [-0.39, 0.29) is 17.2 Å². The summed E-state index contributed by atoms with van der Waals surface area (Å²) in [5.41, 5.74) is 6.00. The molecule has 1 aliphatic rings. The van der Waals surface area contributed by atoms with E-state index in [1.54, 1.807) is 12.4 Å². The Hall–Kier alpha value is -1.46. The summed E-state index contributed by atoms with van der Waals surface area (Å²) in [6.07, 6.45) is 13.8. The third kappa shape index (κ3) is 5.10. The largest absolute Gasteiger partial charge is 0.544 e. The Morgan fingerprint density at radius 1 is 1.43 bits per heavy atom. The molecule has 0 aromatic rings. The second kappa shape index (κ2) is 8.74. The van der Waals surface area contributed by atoms with Crippen LogP contribution in [0.1, 0.15) is 52.4 Å². The van der Waals surface area contributed by atoms with Crippen molar-refractivity contribution in [2.45, 2.75) is 58.5 Å². The summed E-state index contributed by atoms with van der Waals surface area (Å²) in [5, 5.41) is 11.0. The molecule has 2 N–H and O–H groups in total. The van der Waals surface area contributed by atoms with E-state index in [9.17, 15) is 9.90 Å². The zero-order valence-electron chi connectivity index (χ0n) is 13.1. The lowest BCUT2D eigenvalue weighted by Crippen LogP contribution is -2.60. The Labute approximate surface area is 127 Å². The van der Waals surface area contributed by atoms with Crippen LogP contribution in [-0.4, -0.2) is 29.0 Å². The second-order valence-corrected chi connectivity index (χ2v) is 5.57. The zero-order valence-corrected chi connectivity index (χ0v) is 13.1. The minimum Gasteiger partial charge on any atom is -0.544 e. The number of nitrogens with zero attached hydrogens (tertiary/aromatic N) is 2. The van der Waals surface area contributed by atoms with Gasteiger partial charge in [-0.05, 0) is 26.2 Å². The fourth-order valence-corrected chi connectivity index (χ4v) is 2.64. The molecule has 0 bridgehead atoms. The number of rotatable bonds is 10. The van der Waals surface area contributed by atoms with E-state index in [1.807, 2.05) is 13.8 Å². The molecule has 0 radical (unpaired) electrons. The fraction of sp³-hybridized carbons (Fsp3) is 0.625. The summed E-state index contributed by atoms with van der Waals surface area (Å²) in [6.45, 7) is 3.70. The van der Waals surface area contributed by atoms with E-state index in [0.29, 0.717) is 0 Å². The van der Waals surface area contributed by atoms with E-state index >= 15 is 0 Å². The molecule has 0 aromatic heterocycles. The lowest BCUT2D eigenvalue weighted by molar-refractivity contribution is -0.808. The Bertz CT molecular complexity index is 427. The molecule has 0 aromatic carbocycles. The molecule has 0 aliphatic carbocycles. The first-order chi connectivity index (χ1) is 10.0. The number of allylic oxidation sites excluding steroid dienone is 2. The van der Waals surface area contributed by atoms with Gasteiger partial charge in [-0.3, -0.25) is 5.73 Å². The molecule has 0 saturated heterocycles. The maximum Gasteiger partial charge on any atom is 0.209 e. The highest BCUT2D eigenvalue weighted by atomic mass is 16.4. The predicted molar refractivity (Wildman–Crippen MR) is 82.9 cm³/mol.